The second-order valence-electron chi connectivity index (χ2n) is 6.86. The van der Waals surface area contributed by atoms with Crippen LogP contribution < -0.4 is 9.47 Å². The van der Waals surface area contributed by atoms with Crippen LogP contribution in [0.2, 0.25) is 0 Å². The van der Waals surface area contributed by atoms with E-state index in [2.05, 4.69) is 0 Å². The maximum Gasteiger partial charge on any atom is 0.338 e. The van der Waals surface area contributed by atoms with Crippen LogP contribution in [0.4, 0.5) is 0 Å². The van der Waals surface area contributed by atoms with Crippen molar-refractivity contribution in [1.29, 1.82) is 0 Å². The zero-order valence-corrected chi connectivity index (χ0v) is 17.6. The van der Waals surface area contributed by atoms with Crippen LogP contribution in [0.25, 0.3) is 16.6 Å². The molecule has 0 N–H and O–H groups in total. The molecular weight excluding hydrogens is 370 g/mol. The Labute approximate surface area is 170 Å². The number of benzene rings is 1. The molecule has 0 saturated heterocycles. The summed E-state index contributed by atoms with van der Waals surface area (Å²) >= 11 is 0. The van der Waals surface area contributed by atoms with Gasteiger partial charge in [-0.05, 0) is 61.7 Å². The molecule has 29 heavy (non-hydrogen) atoms. The largest absolute Gasteiger partial charge is 0.493 e. The van der Waals surface area contributed by atoms with Crippen LogP contribution in [0.5, 0.6) is 11.5 Å². The van der Waals surface area contributed by atoms with E-state index in [-0.39, 0.29) is 12.4 Å². The molecule has 3 rings (SSSR count). The molecule has 6 nitrogen and oxygen atoms in total. The Balaban J connectivity index is 2.25. The van der Waals surface area contributed by atoms with Gasteiger partial charge in [-0.1, -0.05) is 0 Å². The zero-order valence-electron chi connectivity index (χ0n) is 17.6. The molecule has 152 valence electrons. The predicted molar refractivity (Wildman–Crippen MR) is 111 cm³/mol. The molecule has 2 heterocycles. The lowest BCUT2D eigenvalue weighted by atomic mass is 10.0. The van der Waals surface area contributed by atoms with Crippen LogP contribution in [0.15, 0.2) is 30.5 Å². The number of pyridine rings is 1. The van der Waals surface area contributed by atoms with Gasteiger partial charge in [0.05, 0.1) is 32.1 Å². The molecule has 0 bridgehead atoms. The minimum atomic E-state index is -0.431. The van der Waals surface area contributed by atoms with E-state index in [1.54, 1.807) is 34.1 Å². The number of rotatable bonds is 6. The summed E-state index contributed by atoms with van der Waals surface area (Å²) in [6.45, 7) is 7.24. The number of methoxy groups -OCH3 is 2. The molecular formula is C23H25NO5. The number of ether oxygens (including phenoxy) is 3. The van der Waals surface area contributed by atoms with Gasteiger partial charge in [-0.3, -0.25) is 4.79 Å². The number of esters is 1. The third kappa shape index (κ3) is 3.58. The molecule has 0 radical (unpaired) electrons. The van der Waals surface area contributed by atoms with Crippen LogP contribution in [0.1, 0.15) is 45.8 Å². The number of aromatic nitrogens is 1. The van der Waals surface area contributed by atoms with Gasteiger partial charge in [0.2, 0.25) is 0 Å². The highest BCUT2D eigenvalue weighted by Crippen LogP contribution is 2.37. The molecule has 1 aromatic carbocycles. The number of fused-ring (bicyclic) bond motifs is 1. The Morgan fingerprint density at radius 1 is 1.00 bits per heavy atom. The Hall–Kier alpha value is -3.28. The normalized spacial score (nSPS) is 10.8. The molecule has 0 aliphatic carbocycles. The second-order valence-corrected chi connectivity index (χ2v) is 6.86. The Morgan fingerprint density at radius 2 is 1.72 bits per heavy atom. The monoisotopic (exact) mass is 395 g/mol. The zero-order chi connectivity index (χ0) is 21.3. The molecule has 0 fully saturated rings. The third-order valence-corrected chi connectivity index (χ3v) is 4.97. The van der Waals surface area contributed by atoms with Gasteiger partial charge in [-0.15, -0.1) is 0 Å². The van der Waals surface area contributed by atoms with Crippen molar-refractivity contribution in [2.45, 2.75) is 27.7 Å². The molecule has 3 aromatic rings. The Kier molecular flexibility index (Phi) is 5.64. The first-order chi connectivity index (χ1) is 13.8. The summed E-state index contributed by atoms with van der Waals surface area (Å²) in [5.74, 6) is 0.766. The number of hydrogen-bond donors (Lipinski definition) is 0. The Bertz CT molecular complexity index is 1110. The maximum absolute atomic E-state index is 12.4. The van der Waals surface area contributed by atoms with Gasteiger partial charge in [-0.25, -0.2) is 4.79 Å². The molecule has 0 amide bonds. The summed E-state index contributed by atoms with van der Waals surface area (Å²) in [5.41, 5.74) is 4.98. The van der Waals surface area contributed by atoms with Crippen LogP contribution in [0.3, 0.4) is 0 Å². The molecule has 0 aliphatic heterocycles. The summed E-state index contributed by atoms with van der Waals surface area (Å²) in [6, 6.07) is 7.60. The fourth-order valence-corrected chi connectivity index (χ4v) is 3.68. The second kappa shape index (κ2) is 7.99. The van der Waals surface area contributed by atoms with E-state index < -0.39 is 5.97 Å². The van der Waals surface area contributed by atoms with Crippen LogP contribution >= 0.6 is 0 Å². The number of aryl methyl sites for hydroxylation is 1. The van der Waals surface area contributed by atoms with Crippen molar-refractivity contribution >= 4 is 17.3 Å². The summed E-state index contributed by atoms with van der Waals surface area (Å²) in [7, 11) is 3.20. The average molecular weight is 395 g/mol. The van der Waals surface area contributed by atoms with E-state index in [0.29, 0.717) is 28.3 Å². The van der Waals surface area contributed by atoms with E-state index in [1.165, 1.54) is 6.92 Å². The fraction of sp³-hybridized carbons (Fsp3) is 0.304. The first-order valence-electron chi connectivity index (χ1n) is 9.39. The van der Waals surface area contributed by atoms with Crippen molar-refractivity contribution in [3.05, 3.63) is 52.8 Å². The summed E-state index contributed by atoms with van der Waals surface area (Å²) < 4.78 is 17.9. The molecule has 0 saturated carbocycles. The summed E-state index contributed by atoms with van der Waals surface area (Å²) in [6.07, 6.45) is 1.90. The number of Topliss-reactive ketones (excluding diaryl/α,β-unsaturated/α-hetero) is 1. The summed E-state index contributed by atoms with van der Waals surface area (Å²) in [5, 5.41) is 0. The minimum Gasteiger partial charge on any atom is -0.493 e. The van der Waals surface area contributed by atoms with E-state index in [4.69, 9.17) is 14.2 Å². The summed E-state index contributed by atoms with van der Waals surface area (Å²) in [4.78, 5) is 24.8. The molecule has 0 atom stereocenters. The van der Waals surface area contributed by atoms with Crippen molar-refractivity contribution in [2.24, 2.45) is 0 Å². The highest BCUT2D eigenvalue weighted by Gasteiger charge is 2.20. The van der Waals surface area contributed by atoms with E-state index >= 15 is 0 Å². The van der Waals surface area contributed by atoms with Crippen molar-refractivity contribution in [2.75, 3.05) is 20.8 Å². The molecule has 6 heteroatoms. The number of carbonyl (C=O) groups excluding carboxylic acids is 2. The quantitative estimate of drug-likeness (QED) is 0.450. The van der Waals surface area contributed by atoms with Gasteiger partial charge in [0.25, 0.3) is 0 Å². The maximum atomic E-state index is 12.4. The van der Waals surface area contributed by atoms with E-state index in [0.717, 1.165) is 22.2 Å². The van der Waals surface area contributed by atoms with Gasteiger partial charge in [0.15, 0.2) is 17.3 Å². The van der Waals surface area contributed by atoms with Crippen LogP contribution in [0, 0.1) is 13.8 Å². The minimum absolute atomic E-state index is 0.121. The number of carbonyl (C=O) groups is 2. The Morgan fingerprint density at radius 3 is 2.31 bits per heavy atom. The lowest BCUT2D eigenvalue weighted by Crippen LogP contribution is -2.13. The smallest absolute Gasteiger partial charge is 0.338 e. The van der Waals surface area contributed by atoms with Crippen LogP contribution in [-0.4, -0.2) is 37.0 Å². The molecule has 0 spiro atoms. The number of ketones is 1. The van der Waals surface area contributed by atoms with Gasteiger partial charge in [-0.2, -0.15) is 0 Å². The predicted octanol–water partition coefficient (Wildman–Crippen LogP) is 4.62. The highest BCUT2D eigenvalue weighted by atomic mass is 16.5. The molecule has 0 unspecified atom stereocenters. The van der Waals surface area contributed by atoms with Crippen LogP contribution in [-0.2, 0) is 4.74 Å². The van der Waals surface area contributed by atoms with Crippen molar-refractivity contribution in [1.82, 2.24) is 4.40 Å². The van der Waals surface area contributed by atoms with Gasteiger partial charge < -0.3 is 18.6 Å². The first kappa shape index (κ1) is 20.5. The lowest BCUT2D eigenvalue weighted by molar-refractivity contribution is 0.0525. The number of nitrogens with zero attached hydrogens (tertiary/aromatic N) is 1. The first-order valence-corrected chi connectivity index (χ1v) is 9.39. The standard InChI is InChI=1S/C23H25NO5/c1-7-29-23(26)19-11-18-9-17(12-24(18)21(14(19)3)15(4)25)16-8-13(2)22(28-6)20(10-16)27-5/h8-12H,7H2,1-6H3. The topological polar surface area (TPSA) is 66.2 Å². The lowest BCUT2D eigenvalue weighted by Gasteiger charge is -2.12. The highest BCUT2D eigenvalue weighted by molar-refractivity contribution is 6.01. The van der Waals surface area contributed by atoms with Gasteiger partial charge >= 0.3 is 5.97 Å². The van der Waals surface area contributed by atoms with Gasteiger partial charge in [0.1, 0.15) is 0 Å². The fourth-order valence-electron chi connectivity index (χ4n) is 3.68. The molecule has 2 aromatic heterocycles. The molecule has 0 aliphatic rings. The van der Waals surface area contributed by atoms with Crippen molar-refractivity contribution in [3.63, 3.8) is 0 Å². The van der Waals surface area contributed by atoms with Gasteiger partial charge in [0, 0.05) is 24.2 Å². The van der Waals surface area contributed by atoms with Crippen molar-refractivity contribution in [3.8, 4) is 22.6 Å². The van der Waals surface area contributed by atoms with E-state index in [1.807, 2.05) is 35.7 Å². The third-order valence-electron chi connectivity index (χ3n) is 4.97. The SMILES string of the molecule is CCOC(=O)c1cc2cc(-c3cc(C)c(OC)c(OC)c3)cn2c(C(C)=O)c1C. The van der Waals surface area contributed by atoms with Crippen molar-refractivity contribution < 1.29 is 23.8 Å². The number of hydrogen-bond acceptors (Lipinski definition) is 5. The van der Waals surface area contributed by atoms with E-state index in [9.17, 15) is 9.59 Å². The average Bonchev–Trinajstić information content (AvgIpc) is 3.10.